The Kier molecular flexibility index (Phi) is 6.79. The van der Waals surface area contributed by atoms with Crippen LogP contribution in [0.15, 0.2) is 0 Å². The van der Waals surface area contributed by atoms with Crippen molar-refractivity contribution in [3.63, 3.8) is 0 Å². The zero-order chi connectivity index (χ0) is 14.4. The summed E-state index contributed by atoms with van der Waals surface area (Å²) in [4.78, 5) is 2.63. The van der Waals surface area contributed by atoms with E-state index in [4.69, 9.17) is 4.74 Å². The molecule has 2 fully saturated rings. The molecular weight excluding hydrogens is 248 g/mol. The Morgan fingerprint density at radius 3 is 2.80 bits per heavy atom. The molecule has 1 saturated heterocycles. The number of hydrogen-bond donors (Lipinski definition) is 1. The van der Waals surface area contributed by atoms with Crippen molar-refractivity contribution in [2.75, 3.05) is 33.4 Å². The smallest absolute Gasteiger partial charge is 0.0510 e. The van der Waals surface area contributed by atoms with Crippen molar-refractivity contribution in [2.24, 2.45) is 11.8 Å². The predicted octanol–water partition coefficient (Wildman–Crippen LogP) is 2.90. The van der Waals surface area contributed by atoms with Crippen molar-refractivity contribution >= 4 is 0 Å². The third kappa shape index (κ3) is 4.71. The maximum absolute atomic E-state index is 5.60. The van der Waals surface area contributed by atoms with Gasteiger partial charge in [0.25, 0.3) is 0 Å². The van der Waals surface area contributed by atoms with Crippen LogP contribution in [0.1, 0.15) is 52.4 Å². The van der Waals surface area contributed by atoms with Crippen LogP contribution in [0.2, 0.25) is 0 Å². The molecular formula is C17H34N2O. The lowest BCUT2D eigenvalue weighted by Crippen LogP contribution is -2.48. The number of hydrogen-bond acceptors (Lipinski definition) is 3. The minimum atomic E-state index is 0.611. The molecule has 4 atom stereocenters. The van der Waals surface area contributed by atoms with Crippen molar-refractivity contribution in [1.29, 1.82) is 0 Å². The average molecular weight is 282 g/mol. The zero-order valence-electron chi connectivity index (χ0n) is 13.7. The molecule has 0 radical (unpaired) electrons. The summed E-state index contributed by atoms with van der Waals surface area (Å²) in [5.74, 6) is 1.62. The molecule has 118 valence electrons. The van der Waals surface area contributed by atoms with E-state index in [-0.39, 0.29) is 0 Å². The standard InChI is InChI=1S/C17H34N2O/c1-4-9-18-17(15-8-10-20-13-15)12-19(3)16-7-5-6-14(2)11-16/h14-18H,4-13H2,1-3H3. The van der Waals surface area contributed by atoms with E-state index in [0.29, 0.717) is 12.0 Å². The Bertz CT molecular complexity index is 266. The normalized spacial score (nSPS) is 32.7. The van der Waals surface area contributed by atoms with Gasteiger partial charge in [0, 0.05) is 31.2 Å². The molecule has 20 heavy (non-hydrogen) atoms. The third-order valence-corrected chi connectivity index (χ3v) is 5.21. The first-order chi connectivity index (χ1) is 9.70. The molecule has 1 N–H and O–H groups in total. The van der Waals surface area contributed by atoms with Crippen LogP contribution in [-0.4, -0.2) is 50.3 Å². The number of likely N-dealkylation sites (N-methyl/N-ethyl adjacent to an activating group) is 1. The van der Waals surface area contributed by atoms with Crippen molar-refractivity contribution in [2.45, 2.75) is 64.5 Å². The van der Waals surface area contributed by atoms with Gasteiger partial charge >= 0.3 is 0 Å². The van der Waals surface area contributed by atoms with Gasteiger partial charge in [0.05, 0.1) is 6.61 Å². The second-order valence-electron chi connectivity index (χ2n) is 7.05. The second kappa shape index (κ2) is 8.35. The number of nitrogens with one attached hydrogen (secondary N) is 1. The fourth-order valence-electron chi connectivity index (χ4n) is 3.84. The van der Waals surface area contributed by atoms with Crippen LogP contribution in [0.4, 0.5) is 0 Å². The summed E-state index contributed by atoms with van der Waals surface area (Å²) in [7, 11) is 2.33. The second-order valence-corrected chi connectivity index (χ2v) is 7.05. The lowest BCUT2D eigenvalue weighted by molar-refractivity contribution is 0.127. The van der Waals surface area contributed by atoms with Gasteiger partial charge in [-0.3, -0.25) is 0 Å². The van der Waals surface area contributed by atoms with E-state index in [2.05, 4.69) is 31.1 Å². The van der Waals surface area contributed by atoms with Crippen LogP contribution in [0.25, 0.3) is 0 Å². The molecule has 0 aromatic rings. The Morgan fingerprint density at radius 1 is 1.30 bits per heavy atom. The molecule has 0 spiro atoms. The SMILES string of the molecule is CCCNC(CN(C)C1CCCC(C)C1)C1CCOC1. The van der Waals surface area contributed by atoms with E-state index < -0.39 is 0 Å². The Labute approximate surface area is 125 Å². The van der Waals surface area contributed by atoms with Crippen LogP contribution in [-0.2, 0) is 4.74 Å². The topological polar surface area (TPSA) is 24.5 Å². The molecule has 4 unspecified atom stereocenters. The summed E-state index contributed by atoms with van der Waals surface area (Å²) in [6.07, 6.45) is 8.07. The molecule has 0 aromatic carbocycles. The predicted molar refractivity (Wildman–Crippen MR) is 85.1 cm³/mol. The summed E-state index contributed by atoms with van der Waals surface area (Å²) in [6, 6.07) is 1.41. The van der Waals surface area contributed by atoms with Gasteiger partial charge in [-0.25, -0.2) is 0 Å². The number of nitrogens with zero attached hydrogens (tertiary/aromatic N) is 1. The van der Waals surface area contributed by atoms with E-state index in [0.717, 1.165) is 31.7 Å². The zero-order valence-corrected chi connectivity index (χ0v) is 13.7. The molecule has 3 heteroatoms. The Morgan fingerprint density at radius 2 is 2.15 bits per heavy atom. The highest BCUT2D eigenvalue weighted by Crippen LogP contribution is 2.27. The lowest BCUT2D eigenvalue weighted by Gasteiger charge is -2.37. The molecule has 1 heterocycles. The molecule has 0 bridgehead atoms. The first-order valence-electron chi connectivity index (χ1n) is 8.72. The first-order valence-corrected chi connectivity index (χ1v) is 8.72. The van der Waals surface area contributed by atoms with Crippen molar-refractivity contribution in [3.8, 4) is 0 Å². The van der Waals surface area contributed by atoms with Crippen LogP contribution >= 0.6 is 0 Å². The molecule has 0 aromatic heterocycles. The first kappa shape index (κ1) is 16.3. The van der Waals surface area contributed by atoms with Gasteiger partial charge in [-0.15, -0.1) is 0 Å². The molecule has 0 amide bonds. The van der Waals surface area contributed by atoms with Crippen LogP contribution in [0.5, 0.6) is 0 Å². The summed E-state index contributed by atoms with van der Waals surface area (Å²) < 4.78 is 5.60. The highest BCUT2D eigenvalue weighted by molar-refractivity contribution is 4.85. The van der Waals surface area contributed by atoms with E-state index in [1.54, 1.807) is 0 Å². The van der Waals surface area contributed by atoms with Gasteiger partial charge in [0.2, 0.25) is 0 Å². The Balaban J connectivity index is 1.84. The van der Waals surface area contributed by atoms with E-state index >= 15 is 0 Å². The van der Waals surface area contributed by atoms with Gasteiger partial charge in [0.1, 0.15) is 0 Å². The van der Waals surface area contributed by atoms with E-state index in [1.165, 1.54) is 45.1 Å². The highest BCUT2D eigenvalue weighted by Gasteiger charge is 2.29. The van der Waals surface area contributed by atoms with Crippen LogP contribution in [0, 0.1) is 11.8 Å². The molecule has 2 aliphatic rings. The fraction of sp³-hybridized carbons (Fsp3) is 1.00. The van der Waals surface area contributed by atoms with Crippen molar-refractivity contribution in [1.82, 2.24) is 10.2 Å². The molecule has 1 saturated carbocycles. The van der Waals surface area contributed by atoms with Gasteiger partial charge in [0.15, 0.2) is 0 Å². The molecule has 1 aliphatic heterocycles. The van der Waals surface area contributed by atoms with E-state index in [9.17, 15) is 0 Å². The lowest BCUT2D eigenvalue weighted by atomic mass is 9.86. The molecule has 3 nitrogen and oxygen atoms in total. The summed E-state index contributed by atoms with van der Waals surface area (Å²) in [5.41, 5.74) is 0. The van der Waals surface area contributed by atoms with Crippen molar-refractivity contribution in [3.05, 3.63) is 0 Å². The van der Waals surface area contributed by atoms with Crippen molar-refractivity contribution < 1.29 is 4.74 Å². The minimum absolute atomic E-state index is 0.611. The maximum Gasteiger partial charge on any atom is 0.0510 e. The van der Waals surface area contributed by atoms with Gasteiger partial charge < -0.3 is 15.0 Å². The quantitative estimate of drug-likeness (QED) is 0.777. The monoisotopic (exact) mass is 282 g/mol. The number of rotatable bonds is 7. The highest BCUT2D eigenvalue weighted by atomic mass is 16.5. The Hall–Kier alpha value is -0.120. The largest absolute Gasteiger partial charge is 0.381 e. The molecule has 2 rings (SSSR count). The van der Waals surface area contributed by atoms with Gasteiger partial charge in [-0.1, -0.05) is 26.7 Å². The molecule has 1 aliphatic carbocycles. The maximum atomic E-state index is 5.60. The van der Waals surface area contributed by atoms with Gasteiger partial charge in [-0.05, 0) is 45.2 Å². The fourth-order valence-corrected chi connectivity index (χ4v) is 3.84. The minimum Gasteiger partial charge on any atom is -0.381 e. The average Bonchev–Trinajstić information content (AvgIpc) is 2.97. The number of ether oxygens (including phenoxy) is 1. The van der Waals surface area contributed by atoms with Gasteiger partial charge in [-0.2, -0.15) is 0 Å². The van der Waals surface area contributed by atoms with E-state index in [1.807, 2.05) is 0 Å². The summed E-state index contributed by atoms with van der Waals surface area (Å²) in [6.45, 7) is 8.90. The summed E-state index contributed by atoms with van der Waals surface area (Å²) in [5, 5.41) is 3.77. The van der Waals surface area contributed by atoms with Crippen LogP contribution < -0.4 is 5.32 Å². The van der Waals surface area contributed by atoms with Crippen LogP contribution in [0.3, 0.4) is 0 Å². The third-order valence-electron chi connectivity index (χ3n) is 5.21. The summed E-state index contributed by atoms with van der Waals surface area (Å²) >= 11 is 0.